The molecule has 1 N–H and O–H groups in total. The van der Waals surface area contributed by atoms with Gasteiger partial charge in [-0.1, -0.05) is 94.5 Å². The molecular formula is C35H47N3O2. The first kappa shape index (κ1) is 27.5. The third kappa shape index (κ3) is 5.34. The molecule has 0 amide bonds. The number of aromatic nitrogens is 1. The fourth-order valence-electron chi connectivity index (χ4n) is 8.51. The SMILES string of the molecule is O=C1/C=C/C2(N3C[C@H]4C[C@@H]3CN4c3ccccn3)CCCCCCCCCCC1(c1ccccc1O)CCCC2. The number of carbonyl (C=O) groups is 1. The molecule has 0 radical (unpaired) electrons. The van der Waals surface area contributed by atoms with Crippen LogP contribution in [0.5, 0.6) is 5.75 Å². The summed E-state index contributed by atoms with van der Waals surface area (Å²) in [7, 11) is 0. The van der Waals surface area contributed by atoms with E-state index >= 15 is 0 Å². The Balaban J connectivity index is 1.34. The van der Waals surface area contributed by atoms with Crippen LogP contribution in [0.3, 0.4) is 0 Å². The Morgan fingerprint density at radius 1 is 0.750 bits per heavy atom. The number of para-hydroxylation sites is 1. The van der Waals surface area contributed by atoms with E-state index in [9.17, 15) is 9.90 Å². The molecule has 6 rings (SSSR count). The molecule has 5 heteroatoms. The zero-order valence-corrected chi connectivity index (χ0v) is 24.1. The van der Waals surface area contributed by atoms with Crippen LogP contribution in [0.4, 0.5) is 5.82 Å². The summed E-state index contributed by atoms with van der Waals surface area (Å²) in [6.45, 7) is 2.07. The van der Waals surface area contributed by atoms with Gasteiger partial charge in [-0.3, -0.25) is 9.69 Å². The van der Waals surface area contributed by atoms with Crippen molar-refractivity contribution in [1.29, 1.82) is 0 Å². The van der Waals surface area contributed by atoms with Crippen molar-refractivity contribution in [2.75, 3.05) is 18.0 Å². The number of pyridine rings is 1. The first-order chi connectivity index (χ1) is 19.6. The number of phenols is 1. The average molecular weight is 542 g/mol. The number of piperazine rings is 1. The van der Waals surface area contributed by atoms with E-state index in [1.54, 1.807) is 6.07 Å². The van der Waals surface area contributed by atoms with Crippen LogP contribution in [0.2, 0.25) is 0 Å². The van der Waals surface area contributed by atoms with Gasteiger partial charge in [0.1, 0.15) is 11.6 Å². The molecular weight excluding hydrogens is 494 g/mol. The molecule has 0 spiro atoms. The number of anilines is 1. The molecule has 214 valence electrons. The smallest absolute Gasteiger partial charge is 0.166 e. The highest BCUT2D eigenvalue weighted by Crippen LogP contribution is 2.46. The number of benzene rings is 1. The van der Waals surface area contributed by atoms with Crippen LogP contribution in [0.1, 0.15) is 102 Å². The summed E-state index contributed by atoms with van der Waals surface area (Å²) >= 11 is 0. The van der Waals surface area contributed by atoms with E-state index in [-0.39, 0.29) is 17.1 Å². The maximum atomic E-state index is 14.4. The third-order valence-corrected chi connectivity index (χ3v) is 10.6. The summed E-state index contributed by atoms with van der Waals surface area (Å²) in [4.78, 5) is 24.4. The Morgan fingerprint density at radius 2 is 1.40 bits per heavy atom. The van der Waals surface area contributed by atoms with Crippen LogP contribution in [-0.4, -0.2) is 51.5 Å². The van der Waals surface area contributed by atoms with Gasteiger partial charge in [0, 0.05) is 42.5 Å². The first-order valence-corrected chi connectivity index (χ1v) is 16.1. The van der Waals surface area contributed by atoms with Gasteiger partial charge in [-0.2, -0.15) is 0 Å². The van der Waals surface area contributed by atoms with Crippen LogP contribution in [0.15, 0.2) is 60.8 Å². The standard InChI is InChI=1S/C35H47N3O2/c39-31-16-8-7-15-30(31)35-21-11-6-4-2-1-3-5-10-19-34(20-12-13-22-35,23-18-32(35)40)38-27-28-25-29(38)26-37(28)33-17-9-14-24-36-33/h7-9,14-18,23-24,28-29,39H,1-6,10-13,19-22,25-27H2/b23-18+/t28-,29-,34?,35?/m1/s1. The Labute approximate surface area is 240 Å². The monoisotopic (exact) mass is 541 g/mol. The molecule has 0 saturated carbocycles. The summed E-state index contributed by atoms with van der Waals surface area (Å²) in [5.74, 6) is 1.58. The van der Waals surface area contributed by atoms with Crippen molar-refractivity contribution < 1.29 is 9.90 Å². The molecule has 40 heavy (non-hydrogen) atoms. The van der Waals surface area contributed by atoms with Crippen molar-refractivity contribution in [3.05, 3.63) is 66.4 Å². The quantitative estimate of drug-likeness (QED) is 0.441. The van der Waals surface area contributed by atoms with E-state index in [1.165, 1.54) is 51.4 Å². The molecule has 4 aliphatic rings. The highest BCUT2D eigenvalue weighted by molar-refractivity contribution is 5.99. The molecule has 4 atom stereocenters. The van der Waals surface area contributed by atoms with E-state index in [0.29, 0.717) is 12.1 Å². The normalized spacial score (nSPS) is 33.2. The van der Waals surface area contributed by atoms with Crippen molar-refractivity contribution >= 4 is 11.6 Å². The highest BCUT2D eigenvalue weighted by atomic mass is 16.3. The molecule has 1 aromatic carbocycles. The Morgan fingerprint density at radius 3 is 2.08 bits per heavy atom. The number of fused-ring (bicyclic) bond motifs is 5. The van der Waals surface area contributed by atoms with E-state index < -0.39 is 5.41 Å². The summed E-state index contributed by atoms with van der Waals surface area (Å²) in [5, 5.41) is 11.0. The van der Waals surface area contributed by atoms with Crippen LogP contribution in [0, 0.1) is 0 Å². The van der Waals surface area contributed by atoms with Gasteiger partial charge in [0.2, 0.25) is 0 Å². The molecule has 3 heterocycles. The topological polar surface area (TPSA) is 56.7 Å². The summed E-state index contributed by atoms with van der Waals surface area (Å²) in [6, 6.07) is 14.8. The predicted octanol–water partition coefficient (Wildman–Crippen LogP) is 7.34. The number of likely N-dealkylation sites (tertiary alicyclic amines) is 1. The third-order valence-electron chi connectivity index (χ3n) is 10.6. The van der Waals surface area contributed by atoms with Crippen LogP contribution in [0.25, 0.3) is 0 Å². The van der Waals surface area contributed by atoms with Crippen molar-refractivity contribution in [2.45, 2.75) is 119 Å². The van der Waals surface area contributed by atoms with Crippen molar-refractivity contribution in [2.24, 2.45) is 0 Å². The lowest BCUT2D eigenvalue weighted by Gasteiger charge is -2.47. The summed E-state index contributed by atoms with van der Waals surface area (Å²) in [6.07, 6.45) is 23.3. The molecule has 2 saturated heterocycles. The van der Waals surface area contributed by atoms with E-state index in [2.05, 4.69) is 33.0 Å². The van der Waals surface area contributed by atoms with Gasteiger partial charge in [-0.15, -0.1) is 0 Å². The van der Waals surface area contributed by atoms with Crippen molar-refractivity contribution in [3.8, 4) is 5.75 Å². The van der Waals surface area contributed by atoms with Gasteiger partial charge in [0.05, 0.1) is 5.41 Å². The van der Waals surface area contributed by atoms with Crippen LogP contribution in [-0.2, 0) is 10.2 Å². The summed E-state index contributed by atoms with van der Waals surface area (Å²) < 4.78 is 0. The van der Waals surface area contributed by atoms with E-state index in [0.717, 1.165) is 69.4 Å². The number of ketones is 1. The minimum Gasteiger partial charge on any atom is -0.508 e. The number of allylic oxidation sites excluding steroid dienone is 1. The number of aromatic hydroxyl groups is 1. The fourth-order valence-corrected chi connectivity index (χ4v) is 8.51. The largest absolute Gasteiger partial charge is 0.508 e. The zero-order chi connectivity index (χ0) is 27.4. The second-order valence-electron chi connectivity index (χ2n) is 13.0. The van der Waals surface area contributed by atoms with Crippen molar-refractivity contribution in [3.63, 3.8) is 0 Å². The van der Waals surface area contributed by atoms with Gasteiger partial charge >= 0.3 is 0 Å². The first-order valence-electron chi connectivity index (χ1n) is 16.1. The number of nitrogens with zero attached hydrogens (tertiary/aromatic N) is 3. The van der Waals surface area contributed by atoms with Crippen molar-refractivity contribution in [1.82, 2.24) is 9.88 Å². The lowest BCUT2D eigenvalue weighted by molar-refractivity contribution is -0.120. The Bertz CT molecular complexity index is 1180. The van der Waals surface area contributed by atoms with Gasteiger partial charge in [-0.25, -0.2) is 4.98 Å². The molecule has 2 aliphatic heterocycles. The molecule has 2 fully saturated rings. The molecule has 1 aromatic heterocycles. The van der Waals surface area contributed by atoms with Crippen LogP contribution < -0.4 is 4.90 Å². The Hall–Kier alpha value is -2.66. The minimum absolute atomic E-state index is 0.0692. The number of carbonyl (C=O) groups excluding carboxylic acids is 1. The molecule has 2 aromatic rings. The maximum absolute atomic E-state index is 14.4. The molecule has 5 nitrogen and oxygen atoms in total. The lowest BCUT2D eigenvalue weighted by atomic mass is 9.69. The molecule has 2 aliphatic carbocycles. The number of phenolic OH excluding ortho intramolecular Hbond substituents is 1. The second kappa shape index (κ2) is 12.1. The zero-order valence-electron chi connectivity index (χ0n) is 24.1. The Kier molecular flexibility index (Phi) is 8.29. The van der Waals surface area contributed by atoms with Crippen LogP contribution >= 0.6 is 0 Å². The number of hydrogen-bond acceptors (Lipinski definition) is 5. The average Bonchev–Trinajstić information content (AvgIpc) is 3.60. The second-order valence-corrected chi connectivity index (χ2v) is 13.0. The van der Waals surface area contributed by atoms with Gasteiger partial charge < -0.3 is 10.0 Å². The predicted molar refractivity (Wildman–Crippen MR) is 162 cm³/mol. The number of rotatable bonds is 3. The summed E-state index contributed by atoms with van der Waals surface area (Å²) in [5.41, 5.74) is 0.144. The lowest BCUT2D eigenvalue weighted by Crippen LogP contribution is -2.57. The minimum atomic E-state index is -0.627. The van der Waals surface area contributed by atoms with Gasteiger partial charge in [-0.05, 0) is 56.4 Å². The highest BCUT2D eigenvalue weighted by Gasteiger charge is 2.51. The van der Waals surface area contributed by atoms with E-state index in [1.807, 2.05) is 36.5 Å². The molecule has 4 bridgehead atoms. The number of hydrogen-bond donors (Lipinski definition) is 1. The maximum Gasteiger partial charge on any atom is 0.166 e. The molecule has 2 unspecified atom stereocenters. The fraction of sp³-hybridized carbons (Fsp3) is 0.600. The van der Waals surface area contributed by atoms with Gasteiger partial charge in [0.15, 0.2) is 5.78 Å². The van der Waals surface area contributed by atoms with E-state index in [4.69, 9.17) is 0 Å². The van der Waals surface area contributed by atoms with Gasteiger partial charge in [0.25, 0.3) is 0 Å².